The number of hydrogen-bond donors (Lipinski definition) is 2. The summed E-state index contributed by atoms with van der Waals surface area (Å²) >= 11 is 7.12. The molecule has 2 atom stereocenters. The number of rotatable bonds is 6. The van der Waals surface area contributed by atoms with E-state index < -0.39 is 36.7 Å². The molecule has 2 saturated heterocycles. The summed E-state index contributed by atoms with van der Waals surface area (Å²) in [6.45, 7) is 0.466. The normalized spacial score (nSPS) is 22.0. The number of ether oxygens (including phenoxy) is 1. The number of thiophene rings is 1. The van der Waals surface area contributed by atoms with E-state index in [0.29, 0.717) is 20.6 Å². The number of benzene rings is 1. The van der Waals surface area contributed by atoms with Gasteiger partial charge in [-0.2, -0.15) is 0 Å². The third-order valence-electron chi connectivity index (χ3n) is 5.16. The first-order chi connectivity index (χ1) is 14.7. The maximum absolute atomic E-state index is 13.4. The van der Waals surface area contributed by atoms with E-state index in [1.165, 1.54) is 21.1 Å². The molecule has 0 aliphatic carbocycles. The molecule has 0 spiro atoms. The van der Waals surface area contributed by atoms with E-state index >= 15 is 0 Å². The fourth-order valence-electron chi connectivity index (χ4n) is 3.55. The second kappa shape index (κ2) is 8.70. The van der Waals surface area contributed by atoms with Crippen LogP contribution in [0.3, 0.4) is 0 Å². The van der Waals surface area contributed by atoms with Crippen LogP contribution in [0.2, 0.25) is 4.34 Å². The van der Waals surface area contributed by atoms with Crippen molar-refractivity contribution < 1.29 is 28.2 Å². The predicted octanol–water partition coefficient (Wildman–Crippen LogP) is 3.77. The molecule has 2 aliphatic heterocycles. The Morgan fingerprint density at radius 2 is 1.87 bits per heavy atom. The van der Waals surface area contributed by atoms with Gasteiger partial charge in [-0.15, -0.1) is 11.3 Å². The summed E-state index contributed by atoms with van der Waals surface area (Å²) in [6, 6.07) is 9.95. The standard InChI is InChI=1S/C20H20ClF2N3O4S/c21-16-6-5-15(31-16)18(28)24-10-14-11-26(19(29)30-14)13-3-1-12(2-4-13)25-8-7-20(22,23)9-17(25)27/h1-6,14,18,24,28H,7-11H2. The van der Waals surface area contributed by atoms with Crippen molar-refractivity contribution in [1.82, 2.24) is 5.32 Å². The number of nitrogens with zero attached hydrogens (tertiary/aromatic N) is 2. The molecule has 2 aliphatic rings. The minimum Gasteiger partial charge on any atom is -0.443 e. The second-order valence-electron chi connectivity index (χ2n) is 7.41. The van der Waals surface area contributed by atoms with Crippen molar-refractivity contribution in [3.05, 3.63) is 45.6 Å². The fraction of sp³-hybridized carbons (Fsp3) is 0.400. The van der Waals surface area contributed by atoms with Gasteiger partial charge in [0, 0.05) is 35.8 Å². The molecule has 2 fully saturated rings. The van der Waals surface area contributed by atoms with Crippen molar-refractivity contribution in [3.63, 3.8) is 0 Å². The molecule has 2 amide bonds. The molecule has 1 aromatic carbocycles. The second-order valence-corrected chi connectivity index (χ2v) is 9.16. The summed E-state index contributed by atoms with van der Waals surface area (Å²) in [4.78, 5) is 27.7. The van der Waals surface area contributed by atoms with Crippen molar-refractivity contribution >= 4 is 46.3 Å². The number of piperidine rings is 1. The SMILES string of the molecule is O=C1CC(F)(F)CCN1c1ccc(N2CC(CNC(O)c3ccc(Cl)s3)OC2=O)cc1. The van der Waals surface area contributed by atoms with Crippen molar-refractivity contribution in [2.45, 2.75) is 31.1 Å². The van der Waals surface area contributed by atoms with Crippen LogP contribution in [0.15, 0.2) is 36.4 Å². The number of carbonyl (C=O) groups excluding carboxylic acids is 2. The highest BCUT2D eigenvalue weighted by atomic mass is 35.5. The number of nitrogens with one attached hydrogen (secondary N) is 1. The van der Waals surface area contributed by atoms with E-state index in [-0.39, 0.29) is 26.1 Å². The summed E-state index contributed by atoms with van der Waals surface area (Å²) in [7, 11) is 0. The Kier molecular flexibility index (Phi) is 6.16. The lowest BCUT2D eigenvalue weighted by Crippen LogP contribution is -2.43. The quantitative estimate of drug-likeness (QED) is 0.627. The monoisotopic (exact) mass is 471 g/mol. The summed E-state index contributed by atoms with van der Waals surface area (Å²) in [5.74, 6) is -3.58. The lowest BCUT2D eigenvalue weighted by Gasteiger charge is -2.31. The van der Waals surface area contributed by atoms with E-state index in [4.69, 9.17) is 16.3 Å². The zero-order valence-corrected chi connectivity index (χ0v) is 17.8. The number of halogens is 3. The van der Waals surface area contributed by atoms with E-state index in [0.717, 1.165) is 0 Å². The zero-order valence-electron chi connectivity index (χ0n) is 16.3. The van der Waals surface area contributed by atoms with Crippen LogP contribution in [0.5, 0.6) is 0 Å². The highest BCUT2D eigenvalue weighted by Gasteiger charge is 2.40. The molecule has 2 N–H and O–H groups in total. The minimum atomic E-state index is -2.96. The van der Waals surface area contributed by atoms with Crippen LogP contribution in [0.25, 0.3) is 0 Å². The van der Waals surface area contributed by atoms with Crippen LogP contribution in [-0.2, 0) is 9.53 Å². The number of aliphatic hydroxyl groups excluding tert-OH is 1. The Labute approximate surface area is 186 Å². The first kappa shape index (κ1) is 21.9. The van der Waals surface area contributed by atoms with Crippen LogP contribution in [-0.4, -0.2) is 48.8 Å². The van der Waals surface area contributed by atoms with Crippen LogP contribution in [0.4, 0.5) is 25.0 Å². The van der Waals surface area contributed by atoms with Crippen molar-refractivity contribution in [2.75, 3.05) is 29.4 Å². The average Bonchev–Trinajstić information content (AvgIpc) is 3.31. The van der Waals surface area contributed by atoms with Crippen LogP contribution < -0.4 is 15.1 Å². The fourth-order valence-corrected chi connectivity index (χ4v) is 4.57. The molecule has 0 saturated carbocycles. The van der Waals surface area contributed by atoms with Gasteiger partial charge in [-0.05, 0) is 36.4 Å². The van der Waals surface area contributed by atoms with Crippen molar-refractivity contribution in [3.8, 4) is 0 Å². The average molecular weight is 472 g/mol. The highest BCUT2D eigenvalue weighted by molar-refractivity contribution is 7.16. The molecular weight excluding hydrogens is 452 g/mol. The number of anilines is 2. The minimum absolute atomic E-state index is 0.0531. The maximum Gasteiger partial charge on any atom is 0.414 e. The van der Waals surface area contributed by atoms with E-state index in [9.17, 15) is 23.5 Å². The molecule has 166 valence electrons. The number of cyclic esters (lactones) is 1. The number of aliphatic hydroxyl groups is 1. The van der Waals surface area contributed by atoms with Crippen molar-refractivity contribution in [2.24, 2.45) is 0 Å². The molecule has 4 rings (SSSR count). The molecular formula is C20H20ClF2N3O4S. The maximum atomic E-state index is 13.4. The highest BCUT2D eigenvalue weighted by Crippen LogP contribution is 2.32. The van der Waals surface area contributed by atoms with Gasteiger partial charge < -0.3 is 14.7 Å². The van der Waals surface area contributed by atoms with Gasteiger partial charge in [0.25, 0.3) is 5.92 Å². The lowest BCUT2D eigenvalue weighted by atomic mass is 10.1. The molecule has 31 heavy (non-hydrogen) atoms. The van der Waals surface area contributed by atoms with Gasteiger partial charge in [0.05, 0.1) is 17.3 Å². The smallest absolute Gasteiger partial charge is 0.414 e. The van der Waals surface area contributed by atoms with E-state index in [1.54, 1.807) is 36.4 Å². The van der Waals surface area contributed by atoms with Crippen LogP contribution in [0.1, 0.15) is 23.9 Å². The van der Waals surface area contributed by atoms with Gasteiger partial charge in [0.15, 0.2) is 0 Å². The van der Waals surface area contributed by atoms with Crippen molar-refractivity contribution in [1.29, 1.82) is 0 Å². The van der Waals surface area contributed by atoms with Crippen LogP contribution >= 0.6 is 22.9 Å². The topological polar surface area (TPSA) is 82.1 Å². The van der Waals surface area contributed by atoms with Crippen LogP contribution in [0, 0.1) is 0 Å². The number of alkyl halides is 2. The summed E-state index contributed by atoms with van der Waals surface area (Å²) in [6.07, 6.45) is -3.09. The van der Waals surface area contributed by atoms with E-state index in [1.807, 2.05) is 0 Å². The Hall–Kier alpha value is -2.27. The molecule has 0 radical (unpaired) electrons. The first-order valence-corrected chi connectivity index (χ1v) is 10.8. The molecule has 0 bridgehead atoms. The van der Waals surface area contributed by atoms with Gasteiger partial charge in [0.1, 0.15) is 12.3 Å². The molecule has 1 aromatic heterocycles. The largest absolute Gasteiger partial charge is 0.443 e. The number of hydrogen-bond acceptors (Lipinski definition) is 6. The third-order valence-corrected chi connectivity index (χ3v) is 6.45. The molecule has 2 unspecified atom stereocenters. The summed E-state index contributed by atoms with van der Waals surface area (Å²) in [5, 5.41) is 13.1. The van der Waals surface area contributed by atoms with Gasteiger partial charge in [0.2, 0.25) is 5.91 Å². The molecule has 2 aromatic rings. The zero-order chi connectivity index (χ0) is 22.2. The first-order valence-electron chi connectivity index (χ1n) is 9.65. The molecule has 3 heterocycles. The Balaban J connectivity index is 1.34. The van der Waals surface area contributed by atoms with Gasteiger partial charge in [-0.1, -0.05) is 11.6 Å². The van der Waals surface area contributed by atoms with E-state index in [2.05, 4.69) is 5.32 Å². The number of carbonyl (C=O) groups is 2. The van der Waals surface area contributed by atoms with Gasteiger partial charge in [-0.25, -0.2) is 13.6 Å². The Morgan fingerprint density at radius 3 is 2.48 bits per heavy atom. The molecule has 11 heteroatoms. The van der Waals surface area contributed by atoms with Gasteiger partial charge in [-0.3, -0.25) is 15.0 Å². The number of amides is 2. The third kappa shape index (κ3) is 4.98. The Morgan fingerprint density at radius 1 is 1.19 bits per heavy atom. The molecule has 7 nitrogen and oxygen atoms in total. The summed E-state index contributed by atoms with van der Waals surface area (Å²) in [5.41, 5.74) is 1.07. The lowest BCUT2D eigenvalue weighted by molar-refractivity contribution is -0.129. The Bertz CT molecular complexity index is 972. The van der Waals surface area contributed by atoms with Gasteiger partial charge >= 0.3 is 6.09 Å². The predicted molar refractivity (Wildman–Crippen MR) is 113 cm³/mol. The summed E-state index contributed by atoms with van der Waals surface area (Å²) < 4.78 is 32.7.